The quantitative estimate of drug-likeness (QED) is 0.311. The van der Waals surface area contributed by atoms with E-state index in [1.807, 2.05) is 0 Å². The van der Waals surface area contributed by atoms with Crippen LogP contribution in [0.4, 0.5) is 0 Å². The largest absolute Gasteiger partial charge is 0.378 e. The Bertz CT molecular complexity index is 546. The molecule has 2 saturated carbocycles. The Labute approximate surface area is 187 Å². The van der Waals surface area contributed by atoms with Crippen LogP contribution in [0.25, 0.3) is 0 Å². The van der Waals surface area contributed by atoms with Gasteiger partial charge in [-0.15, -0.1) is 0 Å². The molecular weight excluding hydrogens is 364 g/mol. The van der Waals surface area contributed by atoms with Crippen LogP contribution in [-0.4, -0.2) is 12.7 Å². The third-order valence-corrected chi connectivity index (χ3v) is 7.97. The third kappa shape index (κ3) is 8.03. The van der Waals surface area contributed by atoms with Crippen LogP contribution in [-0.2, 0) is 11.2 Å². The highest BCUT2D eigenvalue weighted by Crippen LogP contribution is 2.35. The van der Waals surface area contributed by atoms with Crippen LogP contribution in [0.2, 0.25) is 0 Å². The Morgan fingerprint density at radius 1 is 0.700 bits per heavy atom. The van der Waals surface area contributed by atoms with Gasteiger partial charge in [0.1, 0.15) is 0 Å². The van der Waals surface area contributed by atoms with Gasteiger partial charge in [0.2, 0.25) is 0 Å². The Kier molecular flexibility index (Phi) is 10.8. The van der Waals surface area contributed by atoms with Gasteiger partial charge in [0, 0.05) is 6.61 Å². The predicted molar refractivity (Wildman–Crippen MR) is 130 cm³/mol. The molecule has 0 unspecified atom stereocenters. The monoisotopic (exact) mass is 412 g/mol. The van der Waals surface area contributed by atoms with E-state index in [4.69, 9.17) is 4.74 Å². The van der Waals surface area contributed by atoms with Crippen LogP contribution in [0.3, 0.4) is 0 Å². The van der Waals surface area contributed by atoms with Crippen LogP contribution in [0, 0.1) is 11.8 Å². The molecule has 0 N–H and O–H groups in total. The fourth-order valence-electron chi connectivity index (χ4n) is 5.94. The van der Waals surface area contributed by atoms with E-state index in [0.29, 0.717) is 6.10 Å². The fourth-order valence-corrected chi connectivity index (χ4v) is 5.94. The van der Waals surface area contributed by atoms with Gasteiger partial charge in [0.05, 0.1) is 6.10 Å². The van der Waals surface area contributed by atoms with Gasteiger partial charge in [-0.3, -0.25) is 0 Å². The molecule has 0 amide bonds. The maximum atomic E-state index is 6.29. The minimum atomic E-state index is 0.523. The van der Waals surface area contributed by atoms with Crippen molar-refractivity contribution >= 4 is 0 Å². The zero-order valence-corrected chi connectivity index (χ0v) is 20.0. The van der Waals surface area contributed by atoms with Crippen molar-refractivity contribution in [1.29, 1.82) is 0 Å². The zero-order valence-electron chi connectivity index (χ0n) is 20.0. The van der Waals surface area contributed by atoms with E-state index in [9.17, 15) is 0 Å². The molecular formula is C29H48O. The van der Waals surface area contributed by atoms with Gasteiger partial charge in [-0.05, 0) is 80.2 Å². The van der Waals surface area contributed by atoms with Gasteiger partial charge in [-0.1, -0.05) is 89.5 Å². The summed E-state index contributed by atoms with van der Waals surface area (Å²) < 4.78 is 6.29. The molecule has 0 saturated heterocycles. The van der Waals surface area contributed by atoms with Gasteiger partial charge in [0.15, 0.2) is 0 Å². The highest BCUT2D eigenvalue weighted by Gasteiger charge is 2.23. The second kappa shape index (κ2) is 13.6. The van der Waals surface area contributed by atoms with Crippen molar-refractivity contribution in [2.75, 3.05) is 6.61 Å². The van der Waals surface area contributed by atoms with Gasteiger partial charge in [0.25, 0.3) is 0 Å². The maximum absolute atomic E-state index is 6.29. The van der Waals surface area contributed by atoms with Crippen molar-refractivity contribution in [3.8, 4) is 0 Å². The number of aryl methyl sites for hydroxylation is 1. The van der Waals surface area contributed by atoms with Crippen LogP contribution in [0.1, 0.15) is 127 Å². The first kappa shape index (κ1) is 23.8. The van der Waals surface area contributed by atoms with Crippen LogP contribution in [0.5, 0.6) is 0 Å². The fraction of sp³-hybridized carbons (Fsp3) is 0.793. The van der Waals surface area contributed by atoms with Gasteiger partial charge in [-0.2, -0.15) is 0 Å². The van der Waals surface area contributed by atoms with Crippen LogP contribution >= 0.6 is 0 Å². The smallest absolute Gasteiger partial charge is 0.0575 e. The molecule has 170 valence electrons. The van der Waals surface area contributed by atoms with Crippen molar-refractivity contribution in [3.05, 3.63) is 35.4 Å². The summed E-state index contributed by atoms with van der Waals surface area (Å²) in [5.74, 6) is 2.78. The van der Waals surface area contributed by atoms with Gasteiger partial charge >= 0.3 is 0 Å². The van der Waals surface area contributed by atoms with Crippen molar-refractivity contribution < 1.29 is 4.74 Å². The number of hydrogen-bond donors (Lipinski definition) is 0. The van der Waals surface area contributed by atoms with Crippen molar-refractivity contribution in [1.82, 2.24) is 0 Å². The van der Waals surface area contributed by atoms with Crippen LogP contribution in [0.15, 0.2) is 24.3 Å². The lowest BCUT2D eigenvalue weighted by Crippen LogP contribution is -2.21. The van der Waals surface area contributed by atoms with Crippen LogP contribution < -0.4 is 0 Å². The number of ether oxygens (including phenoxy) is 1. The second-order valence-corrected chi connectivity index (χ2v) is 10.4. The summed E-state index contributed by atoms with van der Waals surface area (Å²) in [4.78, 5) is 0. The Hall–Kier alpha value is -0.820. The second-order valence-electron chi connectivity index (χ2n) is 10.4. The topological polar surface area (TPSA) is 9.23 Å². The molecule has 1 aromatic carbocycles. The summed E-state index contributed by atoms with van der Waals surface area (Å²) in [5, 5.41) is 0. The molecule has 2 fully saturated rings. The first-order chi connectivity index (χ1) is 14.8. The molecule has 0 aliphatic heterocycles. The molecule has 1 heteroatoms. The maximum Gasteiger partial charge on any atom is 0.0575 e. The zero-order chi connectivity index (χ0) is 21.0. The number of benzene rings is 1. The molecule has 1 aromatic rings. The molecule has 0 spiro atoms. The number of hydrogen-bond acceptors (Lipinski definition) is 1. The summed E-state index contributed by atoms with van der Waals surface area (Å²) in [6.07, 6.45) is 22.3. The summed E-state index contributed by atoms with van der Waals surface area (Å²) in [6, 6.07) is 9.57. The van der Waals surface area contributed by atoms with Gasteiger partial charge in [-0.25, -0.2) is 0 Å². The third-order valence-electron chi connectivity index (χ3n) is 7.97. The Morgan fingerprint density at radius 3 is 2.00 bits per heavy atom. The van der Waals surface area contributed by atoms with E-state index in [2.05, 4.69) is 38.1 Å². The minimum absolute atomic E-state index is 0.523. The van der Waals surface area contributed by atoms with Crippen molar-refractivity contribution in [2.24, 2.45) is 11.8 Å². The normalized spacial score (nSPS) is 27.3. The van der Waals surface area contributed by atoms with E-state index in [1.54, 1.807) is 5.56 Å². The molecule has 0 aromatic heterocycles. The molecule has 0 radical (unpaired) electrons. The SMILES string of the molecule is CCCCCc1ccc(C2CCC(OCCCC3CCC(CCC)CC3)CC2)cc1. The highest BCUT2D eigenvalue weighted by molar-refractivity contribution is 5.26. The average Bonchev–Trinajstić information content (AvgIpc) is 2.79. The lowest BCUT2D eigenvalue weighted by molar-refractivity contribution is 0.0204. The standard InChI is InChI=1S/C29H48O/c1-3-5-6-9-25-15-17-27(18-16-25)28-19-21-29(22-20-28)30-23-7-10-26-13-11-24(8-4-2)12-14-26/h15-18,24,26,28-29H,3-14,19-23H2,1-2H3. The molecule has 0 bridgehead atoms. The summed E-state index contributed by atoms with van der Waals surface area (Å²) >= 11 is 0. The van der Waals surface area contributed by atoms with E-state index >= 15 is 0 Å². The molecule has 3 rings (SSSR count). The number of rotatable bonds is 12. The predicted octanol–water partition coefficient (Wildman–Crippen LogP) is 8.85. The van der Waals surface area contributed by atoms with E-state index in [-0.39, 0.29) is 0 Å². The van der Waals surface area contributed by atoms with E-state index < -0.39 is 0 Å². The molecule has 0 heterocycles. The van der Waals surface area contributed by atoms with Crippen molar-refractivity contribution in [2.45, 2.75) is 129 Å². The lowest BCUT2D eigenvalue weighted by Gasteiger charge is -2.30. The molecule has 0 atom stereocenters. The first-order valence-corrected chi connectivity index (χ1v) is 13.5. The Balaban J connectivity index is 1.26. The average molecular weight is 413 g/mol. The molecule has 30 heavy (non-hydrogen) atoms. The summed E-state index contributed by atoms with van der Waals surface area (Å²) in [6.45, 7) is 5.61. The highest BCUT2D eigenvalue weighted by atomic mass is 16.5. The van der Waals surface area contributed by atoms with Gasteiger partial charge < -0.3 is 4.74 Å². The Morgan fingerprint density at radius 2 is 1.37 bits per heavy atom. The molecule has 2 aliphatic rings. The lowest BCUT2D eigenvalue weighted by atomic mass is 9.78. The van der Waals surface area contributed by atoms with E-state index in [1.165, 1.54) is 108 Å². The molecule has 2 aliphatic carbocycles. The number of unbranched alkanes of at least 4 members (excludes halogenated alkanes) is 2. The molecule has 1 nitrogen and oxygen atoms in total. The van der Waals surface area contributed by atoms with Crippen molar-refractivity contribution in [3.63, 3.8) is 0 Å². The minimum Gasteiger partial charge on any atom is -0.378 e. The summed E-state index contributed by atoms with van der Waals surface area (Å²) in [7, 11) is 0. The first-order valence-electron chi connectivity index (χ1n) is 13.5. The van der Waals surface area contributed by atoms with E-state index in [0.717, 1.165) is 24.4 Å². The summed E-state index contributed by atoms with van der Waals surface area (Å²) in [5.41, 5.74) is 3.08.